The average molecular weight is 244 g/mol. The van der Waals surface area contributed by atoms with Gasteiger partial charge in [0, 0.05) is 12.3 Å². The van der Waals surface area contributed by atoms with Crippen LogP contribution in [0.1, 0.15) is 6.23 Å². The fourth-order valence-corrected chi connectivity index (χ4v) is 1.79. The molecule has 0 amide bonds. The van der Waals surface area contributed by atoms with Crippen molar-refractivity contribution in [3.8, 4) is 0 Å². The molecule has 8 heteroatoms. The second kappa shape index (κ2) is 4.41. The molecule has 94 valence electrons. The highest BCUT2D eigenvalue weighted by molar-refractivity contribution is 5.26. The molecule has 0 spiro atoms. The van der Waals surface area contributed by atoms with Crippen molar-refractivity contribution in [1.82, 2.24) is 4.57 Å². The standard InChI is InChI=1S/C9H12N2O6/c12-4-6-7(13)8(14)9(17-6)10-2-1-5(3-10)11(15)16/h1-3,6-9,12-14H,4H2/t6-,7-,8-,9-/m0/s1. The topological polar surface area (TPSA) is 118 Å². The predicted molar refractivity (Wildman–Crippen MR) is 54.1 cm³/mol. The van der Waals surface area contributed by atoms with Gasteiger partial charge in [-0.2, -0.15) is 0 Å². The Morgan fingerprint density at radius 3 is 2.65 bits per heavy atom. The van der Waals surface area contributed by atoms with E-state index in [0.29, 0.717) is 0 Å². The van der Waals surface area contributed by atoms with Gasteiger partial charge in [-0.1, -0.05) is 0 Å². The van der Waals surface area contributed by atoms with Gasteiger partial charge in [-0.15, -0.1) is 0 Å². The van der Waals surface area contributed by atoms with E-state index in [2.05, 4.69) is 0 Å². The van der Waals surface area contributed by atoms with Crippen molar-refractivity contribution in [2.45, 2.75) is 24.5 Å². The van der Waals surface area contributed by atoms with Crippen molar-refractivity contribution in [1.29, 1.82) is 0 Å². The van der Waals surface area contributed by atoms with Gasteiger partial charge in [-0.25, -0.2) is 0 Å². The molecule has 0 saturated carbocycles. The third-order valence-electron chi connectivity index (χ3n) is 2.72. The van der Waals surface area contributed by atoms with Gasteiger partial charge in [0.05, 0.1) is 17.7 Å². The highest BCUT2D eigenvalue weighted by Gasteiger charge is 2.43. The van der Waals surface area contributed by atoms with E-state index in [9.17, 15) is 20.3 Å². The fourth-order valence-electron chi connectivity index (χ4n) is 1.79. The number of aliphatic hydroxyl groups excluding tert-OH is 3. The molecule has 3 N–H and O–H groups in total. The van der Waals surface area contributed by atoms with Gasteiger partial charge < -0.3 is 24.6 Å². The minimum Gasteiger partial charge on any atom is -0.394 e. The van der Waals surface area contributed by atoms with Crippen LogP contribution in [0.15, 0.2) is 18.5 Å². The highest BCUT2D eigenvalue weighted by atomic mass is 16.6. The van der Waals surface area contributed by atoms with Gasteiger partial charge in [0.25, 0.3) is 5.69 Å². The first-order valence-electron chi connectivity index (χ1n) is 4.99. The quantitative estimate of drug-likeness (QED) is 0.464. The molecule has 0 radical (unpaired) electrons. The molecule has 2 heterocycles. The molecular formula is C9H12N2O6. The smallest absolute Gasteiger partial charge is 0.286 e. The van der Waals surface area contributed by atoms with Gasteiger partial charge in [-0.3, -0.25) is 10.1 Å². The summed E-state index contributed by atoms with van der Waals surface area (Å²) in [4.78, 5) is 9.92. The molecule has 0 aliphatic carbocycles. The lowest BCUT2D eigenvalue weighted by Gasteiger charge is -2.15. The number of aliphatic hydroxyl groups is 3. The number of aromatic nitrogens is 1. The van der Waals surface area contributed by atoms with Crippen LogP contribution in [-0.4, -0.2) is 49.7 Å². The zero-order valence-electron chi connectivity index (χ0n) is 8.71. The molecule has 1 aromatic rings. The van der Waals surface area contributed by atoms with Crippen molar-refractivity contribution in [3.63, 3.8) is 0 Å². The second-order valence-electron chi connectivity index (χ2n) is 3.80. The van der Waals surface area contributed by atoms with Gasteiger partial charge >= 0.3 is 0 Å². The zero-order chi connectivity index (χ0) is 12.6. The number of rotatable bonds is 3. The van der Waals surface area contributed by atoms with Crippen LogP contribution >= 0.6 is 0 Å². The molecule has 1 aliphatic heterocycles. The molecule has 1 saturated heterocycles. The number of hydrogen-bond acceptors (Lipinski definition) is 6. The van der Waals surface area contributed by atoms with Crippen LogP contribution in [0.2, 0.25) is 0 Å². The molecule has 0 aromatic carbocycles. The van der Waals surface area contributed by atoms with Crippen LogP contribution < -0.4 is 0 Å². The van der Waals surface area contributed by atoms with E-state index in [0.717, 1.165) is 0 Å². The number of nitrogens with zero attached hydrogens (tertiary/aromatic N) is 2. The molecule has 17 heavy (non-hydrogen) atoms. The summed E-state index contributed by atoms with van der Waals surface area (Å²) in [5.41, 5.74) is -0.136. The van der Waals surface area contributed by atoms with Gasteiger partial charge in [0.2, 0.25) is 0 Å². The summed E-state index contributed by atoms with van der Waals surface area (Å²) in [6.07, 6.45) is -1.71. The molecule has 2 rings (SSSR count). The van der Waals surface area contributed by atoms with E-state index in [-0.39, 0.29) is 5.69 Å². The molecule has 0 bridgehead atoms. The van der Waals surface area contributed by atoms with E-state index >= 15 is 0 Å². The summed E-state index contributed by atoms with van der Waals surface area (Å²) in [5.74, 6) is 0. The molecular weight excluding hydrogens is 232 g/mol. The molecule has 1 aromatic heterocycles. The van der Waals surface area contributed by atoms with E-state index in [4.69, 9.17) is 9.84 Å². The molecule has 1 aliphatic rings. The van der Waals surface area contributed by atoms with Crippen LogP contribution in [0.3, 0.4) is 0 Å². The maximum atomic E-state index is 10.5. The summed E-state index contributed by atoms with van der Waals surface area (Å²) in [5, 5.41) is 38.6. The molecule has 4 atom stereocenters. The lowest BCUT2D eigenvalue weighted by atomic mass is 10.1. The second-order valence-corrected chi connectivity index (χ2v) is 3.80. The lowest BCUT2D eigenvalue weighted by Crippen LogP contribution is -2.33. The Hall–Kier alpha value is -1.48. The minimum absolute atomic E-state index is 0.136. The monoisotopic (exact) mass is 244 g/mol. The Morgan fingerprint density at radius 2 is 2.18 bits per heavy atom. The summed E-state index contributed by atoms with van der Waals surface area (Å²) in [6, 6.07) is 1.26. The maximum absolute atomic E-state index is 10.5. The lowest BCUT2D eigenvalue weighted by molar-refractivity contribution is -0.384. The van der Waals surface area contributed by atoms with Crippen molar-refractivity contribution >= 4 is 5.69 Å². The summed E-state index contributed by atoms with van der Waals surface area (Å²) < 4.78 is 6.50. The van der Waals surface area contributed by atoms with E-state index in [1.165, 1.54) is 23.0 Å². The van der Waals surface area contributed by atoms with Crippen LogP contribution in [-0.2, 0) is 4.74 Å². The Labute approximate surface area is 95.8 Å². The first kappa shape index (κ1) is 12.0. The Kier molecular flexibility index (Phi) is 3.11. The summed E-state index contributed by atoms with van der Waals surface area (Å²) in [7, 11) is 0. The van der Waals surface area contributed by atoms with Crippen LogP contribution in [0.4, 0.5) is 5.69 Å². The Morgan fingerprint density at radius 1 is 1.47 bits per heavy atom. The number of nitro groups is 1. The van der Waals surface area contributed by atoms with Crippen LogP contribution in [0.5, 0.6) is 0 Å². The zero-order valence-corrected chi connectivity index (χ0v) is 8.71. The Bertz CT molecular complexity index is 419. The van der Waals surface area contributed by atoms with Crippen molar-refractivity contribution in [2.24, 2.45) is 0 Å². The van der Waals surface area contributed by atoms with Crippen LogP contribution in [0.25, 0.3) is 0 Å². The van der Waals surface area contributed by atoms with Crippen molar-refractivity contribution in [2.75, 3.05) is 6.61 Å². The SMILES string of the molecule is O=[N+]([O-])c1ccn([C@H]2O[C@@H](CO)[C@H](O)[C@@H]2O)c1. The van der Waals surface area contributed by atoms with E-state index < -0.39 is 36.1 Å². The van der Waals surface area contributed by atoms with Gasteiger partial charge in [0.15, 0.2) is 6.23 Å². The molecule has 0 unspecified atom stereocenters. The third kappa shape index (κ3) is 2.03. The van der Waals surface area contributed by atoms with Crippen molar-refractivity contribution in [3.05, 3.63) is 28.6 Å². The summed E-state index contributed by atoms with van der Waals surface area (Å²) in [6.45, 7) is -0.432. The van der Waals surface area contributed by atoms with E-state index in [1.54, 1.807) is 0 Å². The largest absolute Gasteiger partial charge is 0.394 e. The minimum atomic E-state index is -1.24. The van der Waals surface area contributed by atoms with Crippen molar-refractivity contribution < 1.29 is 25.0 Å². The van der Waals surface area contributed by atoms with Gasteiger partial charge in [0.1, 0.15) is 18.3 Å². The van der Waals surface area contributed by atoms with Gasteiger partial charge in [-0.05, 0) is 0 Å². The molecule has 1 fully saturated rings. The fraction of sp³-hybridized carbons (Fsp3) is 0.556. The first-order chi connectivity index (χ1) is 8.04. The summed E-state index contributed by atoms with van der Waals surface area (Å²) >= 11 is 0. The maximum Gasteiger partial charge on any atom is 0.286 e. The number of hydrogen-bond donors (Lipinski definition) is 3. The average Bonchev–Trinajstić information content (AvgIpc) is 2.87. The normalized spacial score (nSPS) is 32.9. The first-order valence-corrected chi connectivity index (χ1v) is 4.99. The molecule has 8 nitrogen and oxygen atoms in total. The van der Waals surface area contributed by atoms with Crippen LogP contribution in [0, 0.1) is 10.1 Å². The Balaban J connectivity index is 2.19. The third-order valence-corrected chi connectivity index (χ3v) is 2.72. The number of ether oxygens (including phenoxy) is 1. The van der Waals surface area contributed by atoms with E-state index in [1.807, 2.05) is 0 Å². The predicted octanol–water partition coefficient (Wildman–Crippen LogP) is -0.992. The highest BCUT2D eigenvalue weighted by Crippen LogP contribution is 2.30.